The van der Waals surface area contributed by atoms with Crippen LogP contribution in [0.5, 0.6) is 5.75 Å². The van der Waals surface area contributed by atoms with Crippen molar-refractivity contribution in [2.75, 3.05) is 13.4 Å². The monoisotopic (exact) mass is 272 g/mol. The highest BCUT2D eigenvalue weighted by atomic mass is 32.2. The van der Waals surface area contributed by atoms with E-state index in [0.29, 0.717) is 0 Å². The van der Waals surface area contributed by atoms with Crippen LogP contribution in [0.3, 0.4) is 0 Å². The summed E-state index contributed by atoms with van der Waals surface area (Å²) in [5.41, 5.74) is -0.115. The summed E-state index contributed by atoms with van der Waals surface area (Å²) in [5, 5.41) is 0. The minimum Gasteiger partial charge on any atom is -0.465 e. The number of hydrogen-bond acceptors (Lipinski definition) is 6. The van der Waals surface area contributed by atoms with Crippen LogP contribution in [-0.2, 0) is 19.4 Å². The van der Waals surface area contributed by atoms with Gasteiger partial charge in [0.2, 0.25) is 0 Å². The lowest BCUT2D eigenvalue weighted by molar-refractivity contribution is -0.131. The van der Waals surface area contributed by atoms with Gasteiger partial charge in [-0.2, -0.15) is 0 Å². The van der Waals surface area contributed by atoms with E-state index in [4.69, 9.17) is 4.74 Å². The lowest BCUT2D eigenvalue weighted by Crippen LogP contribution is -2.10. The average Bonchev–Trinajstić information content (AvgIpc) is 2.26. The molecule has 0 bridgehead atoms. The molecule has 0 aromatic heterocycles. The Morgan fingerprint density at radius 3 is 2.28 bits per heavy atom. The van der Waals surface area contributed by atoms with Crippen molar-refractivity contribution >= 4 is 21.8 Å². The molecular weight excluding hydrogens is 260 g/mol. The number of rotatable bonds is 3. The summed E-state index contributed by atoms with van der Waals surface area (Å²) in [5.74, 6) is -1.44. The number of hydrogen-bond donors (Lipinski definition) is 0. The standard InChI is InChI=1S/C11H12O6S/c1-7(12)17-10-5-4-8(18(3,14)15)6-9(10)11(13)16-2/h4-6H,1-3H3. The summed E-state index contributed by atoms with van der Waals surface area (Å²) >= 11 is 0. The minimum absolute atomic E-state index is 0.0400. The molecule has 1 aromatic carbocycles. The van der Waals surface area contributed by atoms with Crippen molar-refractivity contribution in [1.82, 2.24) is 0 Å². The number of sulfone groups is 1. The van der Waals surface area contributed by atoms with Gasteiger partial charge in [0.1, 0.15) is 11.3 Å². The Morgan fingerprint density at radius 1 is 1.22 bits per heavy atom. The molecular formula is C11H12O6S. The van der Waals surface area contributed by atoms with Gasteiger partial charge in [0.25, 0.3) is 0 Å². The van der Waals surface area contributed by atoms with Crippen LogP contribution in [-0.4, -0.2) is 33.7 Å². The van der Waals surface area contributed by atoms with Crippen LogP contribution in [0.2, 0.25) is 0 Å². The van der Waals surface area contributed by atoms with Crippen molar-refractivity contribution in [2.24, 2.45) is 0 Å². The fourth-order valence-electron chi connectivity index (χ4n) is 1.25. The molecule has 0 radical (unpaired) electrons. The highest BCUT2D eigenvalue weighted by Gasteiger charge is 2.18. The molecule has 0 fully saturated rings. The molecule has 0 atom stereocenters. The Labute approximate surface area is 104 Å². The van der Waals surface area contributed by atoms with Crippen molar-refractivity contribution in [3.05, 3.63) is 23.8 Å². The first kappa shape index (κ1) is 14.2. The predicted molar refractivity (Wildman–Crippen MR) is 62.2 cm³/mol. The smallest absolute Gasteiger partial charge is 0.341 e. The maximum atomic E-state index is 11.5. The molecule has 0 unspecified atom stereocenters. The van der Waals surface area contributed by atoms with E-state index in [-0.39, 0.29) is 16.2 Å². The van der Waals surface area contributed by atoms with Gasteiger partial charge in [0.15, 0.2) is 9.84 Å². The minimum atomic E-state index is -3.46. The van der Waals surface area contributed by atoms with Gasteiger partial charge < -0.3 is 9.47 Å². The maximum Gasteiger partial charge on any atom is 0.341 e. The first-order chi connectivity index (χ1) is 8.25. The number of carbonyl (C=O) groups excluding carboxylic acids is 2. The SMILES string of the molecule is COC(=O)c1cc(S(C)(=O)=O)ccc1OC(C)=O. The lowest BCUT2D eigenvalue weighted by Gasteiger charge is -2.08. The van der Waals surface area contributed by atoms with E-state index in [1.54, 1.807) is 0 Å². The summed E-state index contributed by atoms with van der Waals surface area (Å²) in [7, 11) is -2.31. The van der Waals surface area contributed by atoms with Gasteiger partial charge in [-0.1, -0.05) is 0 Å². The molecule has 0 spiro atoms. The van der Waals surface area contributed by atoms with E-state index < -0.39 is 21.8 Å². The van der Waals surface area contributed by atoms with Gasteiger partial charge in [-0.3, -0.25) is 4.79 Å². The maximum absolute atomic E-state index is 11.5. The number of ether oxygens (including phenoxy) is 2. The number of esters is 2. The zero-order chi connectivity index (χ0) is 13.9. The zero-order valence-corrected chi connectivity index (χ0v) is 10.9. The second-order valence-electron chi connectivity index (χ2n) is 3.52. The summed E-state index contributed by atoms with van der Waals surface area (Å²) in [6.07, 6.45) is 1.01. The Morgan fingerprint density at radius 2 is 1.83 bits per heavy atom. The van der Waals surface area contributed by atoms with Crippen molar-refractivity contribution in [2.45, 2.75) is 11.8 Å². The third-order valence-corrected chi connectivity index (χ3v) is 3.15. The largest absolute Gasteiger partial charge is 0.465 e. The summed E-state index contributed by atoms with van der Waals surface area (Å²) in [6, 6.07) is 3.60. The molecule has 0 aliphatic carbocycles. The van der Waals surface area contributed by atoms with E-state index in [1.165, 1.54) is 19.1 Å². The zero-order valence-electron chi connectivity index (χ0n) is 10.1. The Hall–Kier alpha value is -1.89. The molecule has 18 heavy (non-hydrogen) atoms. The highest BCUT2D eigenvalue weighted by molar-refractivity contribution is 7.90. The van der Waals surface area contributed by atoms with Gasteiger partial charge in [0, 0.05) is 13.2 Å². The second kappa shape index (κ2) is 5.18. The van der Waals surface area contributed by atoms with E-state index in [0.717, 1.165) is 19.4 Å². The Bertz CT molecular complexity index is 588. The molecule has 7 heteroatoms. The molecule has 1 rings (SSSR count). The van der Waals surface area contributed by atoms with Gasteiger partial charge in [-0.15, -0.1) is 0 Å². The van der Waals surface area contributed by atoms with Crippen molar-refractivity contribution in [3.8, 4) is 5.75 Å². The van der Waals surface area contributed by atoms with Crippen LogP contribution < -0.4 is 4.74 Å². The van der Waals surface area contributed by atoms with Crippen LogP contribution in [0.25, 0.3) is 0 Å². The van der Waals surface area contributed by atoms with Crippen LogP contribution in [0.15, 0.2) is 23.1 Å². The number of methoxy groups -OCH3 is 1. The molecule has 1 aromatic rings. The molecule has 0 N–H and O–H groups in total. The second-order valence-corrected chi connectivity index (χ2v) is 5.53. The summed E-state index contributed by atoms with van der Waals surface area (Å²) < 4.78 is 32.0. The first-order valence-corrected chi connectivity index (χ1v) is 6.75. The highest BCUT2D eigenvalue weighted by Crippen LogP contribution is 2.23. The van der Waals surface area contributed by atoms with Gasteiger partial charge in [-0.05, 0) is 18.2 Å². The van der Waals surface area contributed by atoms with E-state index in [2.05, 4.69) is 4.74 Å². The van der Waals surface area contributed by atoms with Crippen LogP contribution in [0, 0.1) is 0 Å². The van der Waals surface area contributed by atoms with Gasteiger partial charge in [-0.25, -0.2) is 13.2 Å². The van der Waals surface area contributed by atoms with Crippen molar-refractivity contribution in [3.63, 3.8) is 0 Å². The van der Waals surface area contributed by atoms with Gasteiger partial charge in [0.05, 0.1) is 12.0 Å². The Balaban J connectivity index is 3.38. The average molecular weight is 272 g/mol. The van der Waals surface area contributed by atoms with E-state index >= 15 is 0 Å². The summed E-state index contributed by atoms with van der Waals surface area (Å²) in [6.45, 7) is 1.17. The predicted octanol–water partition coefficient (Wildman–Crippen LogP) is 0.802. The van der Waals surface area contributed by atoms with Crippen LogP contribution in [0.1, 0.15) is 17.3 Å². The van der Waals surface area contributed by atoms with Gasteiger partial charge >= 0.3 is 11.9 Å². The molecule has 0 amide bonds. The Kier molecular flexibility index (Phi) is 4.07. The normalized spacial score (nSPS) is 10.8. The fraction of sp³-hybridized carbons (Fsp3) is 0.273. The summed E-state index contributed by atoms with van der Waals surface area (Å²) in [4.78, 5) is 22.3. The topological polar surface area (TPSA) is 86.7 Å². The number of benzene rings is 1. The molecule has 0 aliphatic heterocycles. The fourth-order valence-corrected chi connectivity index (χ4v) is 1.90. The first-order valence-electron chi connectivity index (χ1n) is 4.86. The molecule has 0 aliphatic rings. The van der Waals surface area contributed by atoms with Crippen molar-refractivity contribution < 1.29 is 27.5 Å². The molecule has 0 saturated carbocycles. The number of carbonyl (C=O) groups is 2. The van der Waals surface area contributed by atoms with Crippen LogP contribution >= 0.6 is 0 Å². The third-order valence-electron chi connectivity index (χ3n) is 2.04. The lowest BCUT2D eigenvalue weighted by atomic mass is 10.2. The molecule has 6 nitrogen and oxygen atoms in total. The molecule has 98 valence electrons. The van der Waals surface area contributed by atoms with Crippen LogP contribution in [0.4, 0.5) is 0 Å². The quantitative estimate of drug-likeness (QED) is 0.597. The van der Waals surface area contributed by atoms with E-state index in [1.807, 2.05) is 0 Å². The van der Waals surface area contributed by atoms with E-state index in [9.17, 15) is 18.0 Å². The molecule has 0 saturated heterocycles. The third kappa shape index (κ3) is 3.30. The van der Waals surface area contributed by atoms with Crippen molar-refractivity contribution in [1.29, 1.82) is 0 Å². The molecule has 0 heterocycles.